The molecule has 0 radical (unpaired) electrons. The second kappa shape index (κ2) is 23.7. The molecular formula is CH10NaO4PS. The Balaban J connectivity index is -0.0000000183. The van der Waals surface area contributed by atoms with Gasteiger partial charge in [-0.15, -0.1) is 0 Å². The van der Waals surface area contributed by atoms with E-state index in [2.05, 4.69) is 12.6 Å². The maximum absolute atomic E-state index is 8.74. The third-order valence-electron chi connectivity index (χ3n) is 0. The second-order valence-corrected chi connectivity index (χ2v) is 0.848. The molecule has 8 heavy (non-hydrogen) atoms. The monoisotopic (exact) mass is 172 g/mol. The van der Waals surface area contributed by atoms with Crippen molar-refractivity contribution in [3.63, 3.8) is 0 Å². The molecule has 0 amide bonds. The molecule has 0 aliphatic heterocycles. The predicted octanol–water partition coefficient (Wildman–Crippen LogP) is -1.57. The average molecular weight is 172 g/mol. The van der Waals surface area contributed by atoms with Crippen molar-refractivity contribution in [1.82, 2.24) is 0 Å². The summed E-state index contributed by atoms with van der Waals surface area (Å²) in [6, 6.07) is 0. The number of rotatable bonds is 0. The van der Waals surface area contributed by atoms with E-state index in [9.17, 15) is 0 Å². The van der Waals surface area contributed by atoms with Gasteiger partial charge in [-0.25, -0.2) is 0 Å². The van der Waals surface area contributed by atoms with E-state index >= 15 is 0 Å². The van der Waals surface area contributed by atoms with Gasteiger partial charge >= 0.3 is 37.8 Å². The minimum atomic E-state index is -3.13. The van der Waals surface area contributed by atoms with E-state index in [1.807, 2.05) is 0 Å². The first-order valence-corrected chi connectivity index (χ1v) is 3.30. The first-order chi connectivity index (χ1) is 2.73. The number of hydrogen-bond acceptors (Lipinski definition) is 2. The van der Waals surface area contributed by atoms with Crippen LogP contribution in [0.2, 0.25) is 0 Å². The molecule has 0 aliphatic carbocycles. The SMILES string of the molecule is CS.O.O=[PH](O)O.[NaH]. The third kappa shape index (κ3) is 146. The van der Waals surface area contributed by atoms with E-state index < -0.39 is 8.25 Å². The van der Waals surface area contributed by atoms with E-state index in [0.29, 0.717) is 0 Å². The summed E-state index contributed by atoms with van der Waals surface area (Å²) in [5, 5.41) is 0. The van der Waals surface area contributed by atoms with E-state index in [-0.39, 0.29) is 35.0 Å². The number of thiol groups is 1. The molecular weight excluding hydrogens is 162 g/mol. The number of hydrogen-bond donors (Lipinski definition) is 3. The molecule has 50 valence electrons. The Morgan fingerprint density at radius 2 is 1.38 bits per heavy atom. The van der Waals surface area contributed by atoms with Crippen LogP contribution in [0.25, 0.3) is 0 Å². The fraction of sp³-hybridized carbons (Fsp3) is 1.00. The van der Waals surface area contributed by atoms with Gasteiger partial charge < -0.3 is 15.3 Å². The molecule has 0 aromatic rings. The van der Waals surface area contributed by atoms with Crippen LogP contribution in [-0.4, -0.2) is 51.1 Å². The molecule has 0 heterocycles. The fourth-order valence-corrected chi connectivity index (χ4v) is 0. The molecule has 0 bridgehead atoms. The predicted molar refractivity (Wildman–Crippen MR) is 39.1 cm³/mol. The standard InChI is InChI=1S/CH4S.Na.H3O3P.H2O.H/c1-2;;1-4(2)3;;/h2H,1H3;;4H,(H2,1,2,3);1H2;. The Kier molecular flexibility index (Phi) is 67.2. The second-order valence-electron chi connectivity index (χ2n) is 0.283. The summed E-state index contributed by atoms with van der Waals surface area (Å²) in [4.78, 5) is 14.3. The van der Waals surface area contributed by atoms with Crippen LogP contribution in [0.15, 0.2) is 0 Å². The molecule has 0 aliphatic rings. The van der Waals surface area contributed by atoms with Gasteiger partial charge in [-0.05, 0) is 6.26 Å². The van der Waals surface area contributed by atoms with Crippen LogP contribution in [0.3, 0.4) is 0 Å². The molecule has 0 unspecified atom stereocenters. The Bertz CT molecular complexity index is 39.0. The summed E-state index contributed by atoms with van der Waals surface area (Å²) < 4.78 is 8.74. The Hall–Kier alpha value is 1.46. The minimum absolute atomic E-state index is 0. The molecule has 0 aromatic heterocycles. The van der Waals surface area contributed by atoms with Gasteiger partial charge in [-0.2, -0.15) is 12.6 Å². The average Bonchev–Trinajstić information content (AvgIpc) is 1.41. The summed E-state index contributed by atoms with van der Waals surface area (Å²) >= 11 is 3.53. The third-order valence-corrected chi connectivity index (χ3v) is 0. The van der Waals surface area contributed by atoms with Crippen LogP contribution in [0.5, 0.6) is 0 Å². The summed E-state index contributed by atoms with van der Waals surface area (Å²) in [5.41, 5.74) is 0. The topological polar surface area (TPSA) is 89.0 Å². The molecule has 0 saturated heterocycles. The quantitative estimate of drug-likeness (QED) is 0.234. The zero-order chi connectivity index (χ0) is 5.58. The van der Waals surface area contributed by atoms with Gasteiger partial charge in [-0.1, -0.05) is 0 Å². The molecule has 0 rings (SSSR count). The molecule has 0 saturated carbocycles. The van der Waals surface area contributed by atoms with Crippen LogP contribution < -0.4 is 0 Å². The molecule has 4 N–H and O–H groups in total. The molecule has 0 atom stereocenters. The van der Waals surface area contributed by atoms with Gasteiger partial charge in [0.2, 0.25) is 0 Å². The van der Waals surface area contributed by atoms with E-state index in [1.165, 1.54) is 0 Å². The van der Waals surface area contributed by atoms with Crippen LogP contribution in [0.4, 0.5) is 0 Å². The normalized spacial score (nSPS) is 5.12. The van der Waals surface area contributed by atoms with Crippen LogP contribution in [0.1, 0.15) is 0 Å². The Morgan fingerprint density at radius 3 is 1.38 bits per heavy atom. The Labute approximate surface area is 76.3 Å². The van der Waals surface area contributed by atoms with Crippen molar-refractivity contribution in [2.75, 3.05) is 6.26 Å². The van der Waals surface area contributed by atoms with Gasteiger partial charge in [-0.3, -0.25) is 4.57 Å². The van der Waals surface area contributed by atoms with E-state index in [4.69, 9.17) is 14.4 Å². The summed E-state index contributed by atoms with van der Waals surface area (Å²) in [6.45, 7) is 0. The van der Waals surface area contributed by atoms with Crippen molar-refractivity contribution in [3.05, 3.63) is 0 Å². The van der Waals surface area contributed by atoms with E-state index in [1.54, 1.807) is 6.26 Å². The molecule has 7 heteroatoms. The Morgan fingerprint density at radius 1 is 1.38 bits per heavy atom. The van der Waals surface area contributed by atoms with Crippen molar-refractivity contribution in [2.24, 2.45) is 0 Å². The summed E-state index contributed by atoms with van der Waals surface area (Å²) in [6.07, 6.45) is 1.69. The zero-order valence-electron chi connectivity index (χ0n) is 3.75. The maximum atomic E-state index is 8.74. The van der Waals surface area contributed by atoms with Crippen molar-refractivity contribution in [1.29, 1.82) is 0 Å². The first kappa shape index (κ1) is 22.7. The zero-order valence-corrected chi connectivity index (χ0v) is 5.64. The molecule has 0 aromatic carbocycles. The van der Waals surface area contributed by atoms with Crippen LogP contribution in [0, 0.1) is 0 Å². The van der Waals surface area contributed by atoms with Crippen molar-refractivity contribution < 1.29 is 19.8 Å². The van der Waals surface area contributed by atoms with Gasteiger partial charge in [0.05, 0.1) is 0 Å². The van der Waals surface area contributed by atoms with Crippen LogP contribution in [-0.2, 0) is 4.57 Å². The fourth-order valence-electron chi connectivity index (χ4n) is 0. The van der Waals surface area contributed by atoms with Crippen molar-refractivity contribution >= 4 is 50.4 Å². The first-order valence-electron chi connectivity index (χ1n) is 1.10. The molecule has 4 nitrogen and oxygen atoms in total. The van der Waals surface area contributed by atoms with E-state index in [0.717, 1.165) is 0 Å². The van der Waals surface area contributed by atoms with Gasteiger partial charge in [0.15, 0.2) is 0 Å². The summed E-state index contributed by atoms with van der Waals surface area (Å²) in [7, 11) is -3.13. The van der Waals surface area contributed by atoms with Crippen LogP contribution >= 0.6 is 20.9 Å². The summed E-state index contributed by atoms with van der Waals surface area (Å²) in [5.74, 6) is 0. The van der Waals surface area contributed by atoms with Crippen molar-refractivity contribution in [2.45, 2.75) is 0 Å². The van der Waals surface area contributed by atoms with Gasteiger partial charge in [0.1, 0.15) is 0 Å². The molecule has 0 fully saturated rings. The van der Waals surface area contributed by atoms with Gasteiger partial charge in [0, 0.05) is 0 Å². The molecule has 0 spiro atoms. The van der Waals surface area contributed by atoms with Gasteiger partial charge in [0.25, 0.3) is 0 Å². The van der Waals surface area contributed by atoms with Crippen molar-refractivity contribution in [3.8, 4) is 0 Å².